The number of benzene rings is 1. The van der Waals surface area contributed by atoms with Crippen LogP contribution in [0, 0.1) is 0 Å². The van der Waals surface area contributed by atoms with Gasteiger partial charge in [0.25, 0.3) is 11.8 Å². The number of pyridine rings is 2. The van der Waals surface area contributed by atoms with Gasteiger partial charge in [0, 0.05) is 51.2 Å². The number of aldehydes is 1. The number of rotatable bonds is 8. The first kappa shape index (κ1) is 27.4. The van der Waals surface area contributed by atoms with Gasteiger partial charge in [0.15, 0.2) is 0 Å². The van der Waals surface area contributed by atoms with E-state index < -0.39 is 0 Å². The summed E-state index contributed by atoms with van der Waals surface area (Å²) in [7, 11) is 1.00. The molecule has 4 aromatic rings. The van der Waals surface area contributed by atoms with Crippen molar-refractivity contribution >= 4 is 29.6 Å². The van der Waals surface area contributed by atoms with E-state index >= 15 is 0 Å². The van der Waals surface area contributed by atoms with Crippen molar-refractivity contribution in [2.45, 2.75) is 13.1 Å². The Kier molecular flexibility index (Phi) is 9.33. The quantitative estimate of drug-likeness (QED) is 0.294. The van der Waals surface area contributed by atoms with Gasteiger partial charge in [-0.05, 0) is 35.4 Å². The maximum Gasteiger partial charge on any atom is 0.271 e. The predicted molar refractivity (Wildman–Crippen MR) is 145 cm³/mol. The number of hydrogen-bond donors (Lipinski definition) is 3. The summed E-state index contributed by atoms with van der Waals surface area (Å²) < 4.78 is 7.00. The van der Waals surface area contributed by atoms with E-state index in [2.05, 4.69) is 25.5 Å². The fourth-order valence-corrected chi connectivity index (χ4v) is 4.10. The molecule has 1 aliphatic heterocycles. The summed E-state index contributed by atoms with van der Waals surface area (Å²) in [4.78, 5) is 47.5. The summed E-state index contributed by atoms with van der Waals surface area (Å²) >= 11 is 0. The lowest BCUT2D eigenvalue weighted by Crippen LogP contribution is -2.36. The Bertz CT molecular complexity index is 1430. The molecular formula is C28H30N6O5. The molecule has 0 radical (unpaired) electrons. The minimum Gasteiger partial charge on any atom is -0.400 e. The number of anilines is 1. The minimum absolute atomic E-state index is 0.215. The third-order valence-electron chi connectivity index (χ3n) is 6.12. The number of fused-ring (bicyclic) bond motifs is 1. The fourth-order valence-electron chi connectivity index (χ4n) is 4.10. The van der Waals surface area contributed by atoms with Crippen LogP contribution in [-0.4, -0.2) is 71.0 Å². The van der Waals surface area contributed by atoms with E-state index in [9.17, 15) is 14.4 Å². The summed E-state index contributed by atoms with van der Waals surface area (Å²) in [6.07, 6.45) is 4.07. The van der Waals surface area contributed by atoms with Gasteiger partial charge in [0.05, 0.1) is 13.2 Å². The highest BCUT2D eigenvalue weighted by atomic mass is 16.5. The summed E-state index contributed by atoms with van der Waals surface area (Å²) in [5.41, 5.74) is 3.43. The second-order valence-electron chi connectivity index (χ2n) is 8.61. The molecule has 0 bridgehead atoms. The third-order valence-corrected chi connectivity index (χ3v) is 6.12. The van der Waals surface area contributed by atoms with Crippen LogP contribution in [-0.2, 0) is 17.8 Å². The molecule has 1 fully saturated rings. The zero-order valence-corrected chi connectivity index (χ0v) is 21.5. The van der Waals surface area contributed by atoms with Crippen LogP contribution in [0.5, 0.6) is 0 Å². The molecule has 4 heterocycles. The van der Waals surface area contributed by atoms with Gasteiger partial charge in [-0.2, -0.15) is 0 Å². The maximum absolute atomic E-state index is 12.9. The van der Waals surface area contributed by atoms with Crippen LogP contribution in [0.1, 0.15) is 42.5 Å². The van der Waals surface area contributed by atoms with E-state index in [0.717, 1.165) is 43.4 Å². The lowest BCUT2D eigenvalue weighted by Gasteiger charge is -2.28. The average Bonchev–Trinajstić information content (AvgIpc) is 3.45. The molecule has 0 atom stereocenters. The van der Waals surface area contributed by atoms with E-state index in [4.69, 9.17) is 9.84 Å². The monoisotopic (exact) mass is 530 g/mol. The van der Waals surface area contributed by atoms with Crippen molar-refractivity contribution in [3.63, 3.8) is 0 Å². The number of nitrogens with zero attached hydrogens (tertiary/aromatic N) is 4. The van der Waals surface area contributed by atoms with Crippen LogP contribution in [0.15, 0.2) is 67.0 Å². The van der Waals surface area contributed by atoms with Crippen molar-refractivity contribution in [2.75, 3.05) is 38.3 Å². The average molecular weight is 531 g/mol. The molecule has 11 heteroatoms. The van der Waals surface area contributed by atoms with E-state index in [1.165, 1.54) is 0 Å². The number of aromatic nitrogens is 3. The van der Waals surface area contributed by atoms with Crippen LogP contribution in [0.25, 0.3) is 5.65 Å². The second kappa shape index (κ2) is 13.3. The topological polar surface area (TPSA) is 138 Å². The van der Waals surface area contributed by atoms with Gasteiger partial charge in [-0.25, -0.2) is 9.97 Å². The lowest BCUT2D eigenvalue weighted by atomic mass is 10.1. The number of amides is 2. The molecule has 5 rings (SSSR count). The van der Waals surface area contributed by atoms with Crippen molar-refractivity contribution in [1.82, 2.24) is 25.0 Å². The Morgan fingerprint density at radius 2 is 1.69 bits per heavy atom. The largest absolute Gasteiger partial charge is 0.400 e. The molecule has 1 aliphatic rings. The van der Waals surface area contributed by atoms with Crippen molar-refractivity contribution in [2.24, 2.45) is 0 Å². The number of imidazole rings is 1. The maximum atomic E-state index is 12.9. The molecule has 3 N–H and O–H groups in total. The van der Waals surface area contributed by atoms with Crippen LogP contribution in [0.3, 0.4) is 0 Å². The summed E-state index contributed by atoms with van der Waals surface area (Å²) in [5.74, 6) is 0.218. The van der Waals surface area contributed by atoms with Crippen LogP contribution < -0.4 is 15.5 Å². The zero-order valence-electron chi connectivity index (χ0n) is 21.5. The van der Waals surface area contributed by atoms with Gasteiger partial charge < -0.3 is 25.4 Å². The second-order valence-corrected chi connectivity index (χ2v) is 8.61. The number of aliphatic hydroxyl groups excluding tert-OH is 1. The van der Waals surface area contributed by atoms with Gasteiger partial charge in [0.2, 0.25) is 0 Å². The molecule has 202 valence electrons. The smallest absolute Gasteiger partial charge is 0.271 e. The zero-order chi connectivity index (χ0) is 27.6. The first-order valence-electron chi connectivity index (χ1n) is 12.4. The highest BCUT2D eigenvalue weighted by Gasteiger charge is 2.16. The van der Waals surface area contributed by atoms with Gasteiger partial charge in [-0.1, -0.05) is 30.3 Å². The molecule has 0 aliphatic carbocycles. The molecule has 2 amide bonds. The summed E-state index contributed by atoms with van der Waals surface area (Å²) in [6.45, 7) is 3.53. The Balaban J connectivity index is 0.00000172. The third kappa shape index (κ3) is 6.83. The molecule has 3 aromatic heterocycles. The number of hydrogen-bond acceptors (Lipinski definition) is 8. The standard InChI is InChI=1S/C27H26N6O4.CH4O/c34-18-20-6-4-19(5-7-20)15-30-27(36)23-2-1-3-24-31-22(17-33(23)24)26(35)29-16-21-8-9-28-25(14-21)32-10-12-37-13-11-32;1-2/h1-9,14,17-18H,10-13,15-16H2,(H,29,35)(H,30,36);2H,1H3. The number of carbonyl (C=O) groups excluding carboxylic acids is 3. The molecule has 0 unspecified atom stereocenters. The highest BCUT2D eigenvalue weighted by molar-refractivity contribution is 5.95. The molecule has 0 spiro atoms. The first-order chi connectivity index (χ1) is 19.1. The molecular weight excluding hydrogens is 500 g/mol. The first-order valence-corrected chi connectivity index (χ1v) is 12.4. The minimum atomic E-state index is -0.338. The normalized spacial score (nSPS) is 12.8. The SMILES string of the molecule is CO.O=Cc1ccc(CNC(=O)c2cccc3nc(C(=O)NCc4ccnc(N5CCOCC5)c4)cn23)cc1. The molecule has 39 heavy (non-hydrogen) atoms. The van der Waals surface area contributed by atoms with Gasteiger partial charge in [-0.15, -0.1) is 0 Å². The van der Waals surface area contributed by atoms with E-state index in [-0.39, 0.29) is 17.5 Å². The molecule has 0 saturated carbocycles. The van der Waals surface area contributed by atoms with Crippen molar-refractivity contribution in [3.05, 3.63) is 95.1 Å². The summed E-state index contributed by atoms with van der Waals surface area (Å²) in [5, 5.41) is 12.8. The Morgan fingerprint density at radius 3 is 2.44 bits per heavy atom. The number of nitrogens with one attached hydrogen (secondary N) is 2. The van der Waals surface area contributed by atoms with Crippen LogP contribution in [0.4, 0.5) is 5.82 Å². The number of ether oxygens (including phenoxy) is 1. The van der Waals surface area contributed by atoms with Gasteiger partial charge >= 0.3 is 0 Å². The van der Waals surface area contributed by atoms with Crippen molar-refractivity contribution in [1.29, 1.82) is 0 Å². The molecule has 11 nitrogen and oxygen atoms in total. The van der Waals surface area contributed by atoms with E-state index in [1.807, 2.05) is 12.1 Å². The number of aliphatic hydroxyl groups is 1. The number of carbonyl (C=O) groups is 3. The van der Waals surface area contributed by atoms with Gasteiger partial charge in [0.1, 0.15) is 29.1 Å². The van der Waals surface area contributed by atoms with Crippen LogP contribution >= 0.6 is 0 Å². The Labute approximate surface area is 225 Å². The fraction of sp³-hybridized carbons (Fsp3) is 0.250. The lowest BCUT2D eigenvalue weighted by molar-refractivity contribution is 0.0935. The summed E-state index contributed by atoms with van der Waals surface area (Å²) in [6, 6.07) is 15.9. The van der Waals surface area contributed by atoms with Crippen LogP contribution in [0.2, 0.25) is 0 Å². The Morgan fingerprint density at radius 1 is 0.974 bits per heavy atom. The molecule has 1 aromatic carbocycles. The van der Waals surface area contributed by atoms with Crippen molar-refractivity contribution < 1.29 is 24.2 Å². The molecule has 1 saturated heterocycles. The van der Waals surface area contributed by atoms with E-state index in [1.54, 1.807) is 59.3 Å². The van der Waals surface area contributed by atoms with Crippen molar-refractivity contribution in [3.8, 4) is 0 Å². The predicted octanol–water partition coefficient (Wildman–Crippen LogP) is 1.85. The highest BCUT2D eigenvalue weighted by Crippen LogP contribution is 2.15. The van der Waals surface area contributed by atoms with E-state index in [0.29, 0.717) is 43.2 Å². The Hall–Kier alpha value is -4.61. The van der Waals surface area contributed by atoms with Gasteiger partial charge in [-0.3, -0.25) is 18.8 Å². The number of morpholine rings is 1.